The van der Waals surface area contributed by atoms with E-state index in [1.54, 1.807) is 12.1 Å². The summed E-state index contributed by atoms with van der Waals surface area (Å²) < 4.78 is 13.6. The van der Waals surface area contributed by atoms with E-state index in [9.17, 15) is 4.39 Å². The highest BCUT2D eigenvalue weighted by Gasteiger charge is 2.11. The maximum Gasteiger partial charge on any atom is 0.126 e. The summed E-state index contributed by atoms with van der Waals surface area (Å²) in [6, 6.07) is 5.25. The van der Waals surface area contributed by atoms with Gasteiger partial charge in [-0.2, -0.15) is 0 Å². The Bertz CT molecular complexity index is 368. The molecule has 1 nitrogen and oxygen atoms in total. The zero-order chi connectivity index (χ0) is 13.5. The van der Waals surface area contributed by atoms with E-state index in [-0.39, 0.29) is 5.82 Å². The predicted octanol–water partition coefficient (Wildman–Crippen LogP) is 4.44. The van der Waals surface area contributed by atoms with E-state index in [1.807, 2.05) is 0 Å². The number of hydrogen-bond acceptors (Lipinski definition) is 1. The topological polar surface area (TPSA) is 12.0 Å². The Kier molecular flexibility index (Phi) is 6.66. The van der Waals surface area contributed by atoms with Crippen molar-refractivity contribution in [3.05, 3.63) is 34.6 Å². The van der Waals surface area contributed by atoms with Crippen molar-refractivity contribution in [2.75, 3.05) is 6.54 Å². The summed E-state index contributed by atoms with van der Waals surface area (Å²) in [4.78, 5) is 0. The molecule has 0 saturated carbocycles. The Morgan fingerprint density at radius 3 is 2.72 bits per heavy atom. The van der Waals surface area contributed by atoms with Crippen LogP contribution in [0.3, 0.4) is 0 Å². The Balaban J connectivity index is 2.48. The number of rotatable bonds is 7. The lowest BCUT2D eigenvalue weighted by molar-refractivity contribution is 0.415. The molecule has 1 aromatic rings. The normalized spacial score (nSPS) is 14.5. The zero-order valence-electron chi connectivity index (χ0n) is 11.5. The standard InChI is InChI=1S/C15H23ClFN/c1-4-7-18-12(3)8-11(2)9-13-10-14(16)5-6-15(13)17/h5-6,10-12,18H,4,7-9H2,1-3H3. The molecule has 0 spiro atoms. The van der Waals surface area contributed by atoms with Crippen molar-refractivity contribution in [2.45, 2.75) is 46.1 Å². The Morgan fingerprint density at radius 1 is 1.33 bits per heavy atom. The van der Waals surface area contributed by atoms with Gasteiger partial charge in [0.1, 0.15) is 5.82 Å². The summed E-state index contributed by atoms with van der Waals surface area (Å²) in [6.45, 7) is 7.54. The van der Waals surface area contributed by atoms with E-state index in [1.165, 1.54) is 6.07 Å². The van der Waals surface area contributed by atoms with Crippen molar-refractivity contribution in [1.29, 1.82) is 0 Å². The molecular weight excluding hydrogens is 249 g/mol. The molecule has 0 fully saturated rings. The molecule has 0 radical (unpaired) electrons. The van der Waals surface area contributed by atoms with Crippen molar-refractivity contribution in [1.82, 2.24) is 5.32 Å². The second kappa shape index (κ2) is 7.75. The fourth-order valence-corrected chi connectivity index (χ4v) is 2.43. The molecular formula is C15H23ClFN. The molecule has 1 aromatic carbocycles. The van der Waals surface area contributed by atoms with E-state index < -0.39 is 0 Å². The van der Waals surface area contributed by atoms with Gasteiger partial charge in [-0.15, -0.1) is 0 Å². The zero-order valence-corrected chi connectivity index (χ0v) is 12.2. The van der Waals surface area contributed by atoms with E-state index in [2.05, 4.69) is 26.1 Å². The van der Waals surface area contributed by atoms with E-state index in [4.69, 9.17) is 11.6 Å². The van der Waals surface area contributed by atoms with Crippen LogP contribution in [0.4, 0.5) is 4.39 Å². The second-order valence-electron chi connectivity index (χ2n) is 5.14. The van der Waals surface area contributed by atoms with Gasteiger partial charge in [-0.1, -0.05) is 25.4 Å². The van der Waals surface area contributed by atoms with Gasteiger partial charge in [0, 0.05) is 11.1 Å². The van der Waals surface area contributed by atoms with Crippen molar-refractivity contribution in [2.24, 2.45) is 5.92 Å². The molecule has 0 aliphatic rings. The number of hydrogen-bond donors (Lipinski definition) is 1. The third kappa shape index (κ3) is 5.36. The number of nitrogens with one attached hydrogen (secondary N) is 1. The Labute approximate surface area is 115 Å². The van der Waals surface area contributed by atoms with Crippen LogP contribution in [0.2, 0.25) is 5.02 Å². The van der Waals surface area contributed by atoms with Gasteiger partial charge in [-0.25, -0.2) is 4.39 Å². The van der Waals surface area contributed by atoms with Crippen molar-refractivity contribution < 1.29 is 4.39 Å². The molecule has 102 valence electrons. The quantitative estimate of drug-likeness (QED) is 0.773. The molecule has 2 unspecified atom stereocenters. The minimum absolute atomic E-state index is 0.152. The van der Waals surface area contributed by atoms with Gasteiger partial charge in [0.25, 0.3) is 0 Å². The van der Waals surface area contributed by atoms with E-state index in [0.29, 0.717) is 17.0 Å². The van der Waals surface area contributed by atoms with Crippen LogP contribution >= 0.6 is 11.6 Å². The highest BCUT2D eigenvalue weighted by molar-refractivity contribution is 6.30. The van der Waals surface area contributed by atoms with Crippen LogP contribution in [0.25, 0.3) is 0 Å². The molecule has 0 amide bonds. The van der Waals surface area contributed by atoms with Crippen LogP contribution < -0.4 is 5.32 Å². The summed E-state index contributed by atoms with van der Waals surface area (Å²) >= 11 is 5.90. The van der Waals surface area contributed by atoms with Crippen molar-refractivity contribution in [3.8, 4) is 0 Å². The Morgan fingerprint density at radius 2 is 2.06 bits per heavy atom. The smallest absolute Gasteiger partial charge is 0.126 e. The SMILES string of the molecule is CCCNC(C)CC(C)Cc1cc(Cl)ccc1F. The van der Waals surface area contributed by atoms with Gasteiger partial charge in [0.05, 0.1) is 0 Å². The first-order valence-electron chi connectivity index (χ1n) is 6.70. The van der Waals surface area contributed by atoms with Crippen LogP contribution in [0.1, 0.15) is 39.2 Å². The minimum Gasteiger partial charge on any atom is -0.314 e. The first-order valence-corrected chi connectivity index (χ1v) is 7.08. The average Bonchev–Trinajstić information content (AvgIpc) is 2.31. The molecule has 2 atom stereocenters. The molecule has 0 aliphatic heterocycles. The number of benzene rings is 1. The summed E-state index contributed by atoms with van der Waals surface area (Å²) in [5, 5.41) is 4.06. The fourth-order valence-electron chi connectivity index (χ4n) is 2.24. The molecule has 0 aliphatic carbocycles. The maximum absolute atomic E-state index is 13.6. The summed E-state index contributed by atoms with van der Waals surface area (Å²) in [5.41, 5.74) is 0.720. The number of halogens is 2. The molecule has 1 N–H and O–H groups in total. The molecule has 18 heavy (non-hydrogen) atoms. The highest BCUT2D eigenvalue weighted by atomic mass is 35.5. The summed E-state index contributed by atoms with van der Waals surface area (Å²) in [5.74, 6) is 0.290. The molecule has 0 saturated heterocycles. The average molecular weight is 272 g/mol. The maximum atomic E-state index is 13.6. The van der Waals surface area contributed by atoms with E-state index >= 15 is 0 Å². The van der Waals surface area contributed by atoms with Crippen LogP contribution in [0.5, 0.6) is 0 Å². The first-order chi connectivity index (χ1) is 8.52. The van der Waals surface area contributed by atoms with E-state index in [0.717, 1.165) is 31.4 Å². The van der Waals surface area contributed by atoms with Gasteiger partial charge in [0.2, 0.25) is 0 Å². The fraction of sp³-hybridized carbons (Fsp3) is 0.600. The van der Waals surface area contributed by atoms with Gasteiger partial charge < -0.3 is 5.32 Å². The van der Waals surface area contributed by atoms with Gasteiger partial charge >= 0.3 is 0 Å². The lowest BCUT2D eigenvalue weighted by Gasteiger charge is -2.18. The van der Waals surface area contributed by atoms with Gasteiger partial charge in [0.15, 0.2) is 0 Å². The first kappa shape index (κ1) is 15.5. The lowest BCUT2D eigenvalue weighted by atomic mass is 9.94. The second-order valence-corrected chi connectivity index (χ2v) is 5.57. The molecule has 0 aromatic heterocycles. The van der Waals surface area contributed by atoms with Crippen molar-refractivity contribution >= 4 is 11.6 Å². The lowest BCUT2D eigenvalue weighted by Crippen LogP contribution is -2.28. The molecule has 0 bridgehead atoms. The molecule has 3 heteroatoms. The minimum atomic E-state index is -0.152. The van der Waals surface area contributed by atoms with Crippen molar-refractivity contribution in [3.63, 3.8) is 0 Å². The van der Waals surface area contributed by atoms with Gasteiger partial charge in [-0.3, -0.25) is 0 Å². The predicted molar refractivity (Wildman–Crippen MR) is 76.7 cm³/mol. The van der Waals surface area contributed by atoms with Crippen LogP contribution in [0.15, 0.2) is 18.2 Å². The molecule has 1 rings (SSSR count). The molecule has 0 heterocycles. The van der Waals surface area contributed by atoms with Crippen LogP contribution in [-0.4, -0.2) is 12.6 Å². The summed E-state index contributed by atoms with van der Waals surface area (Å²) in [7, 11) is 0. The third-order valence-corrected chi connectivity index (χ3v) is 3.31. The van der Waals surface area contributed by atoms with Crippen LogP contribution in [0, 0.1) is 11.7 Å². The monoisotopic (exact) mass is 271 g/mol. The Hall–Kier alpha value is -0.600. The summed E-state index contributed by atoms with van der Waals surface area (Å²) in [6.07, 6.45) is 2.93. The van der Waals surface area contributed by atoms with Gasteiger partial charge in [-0.05, 0) is 62.4 Å². The van der Waals surface area contributed by atoms with Crippen LogP contribution in [-0.2, 0) is 6.42 Å². The third-order valence-electron chi connectivity index (χ3n) is 3.07. The largest absolute Gasteiger partial charge is 0.314 e. The highest BCUT2D eigenvalue weighted by Crippen LogP contribution is 2.20.